The monoisotopic (exact) mass is 273 g/mol. The molecule has 1 amide bonds. The molecule has 92 valence electrons. The van der Waals surface area contributed by atoms with Gasteiger partial charge < -0.3 is 0 Å². The zero-order valence-electron chi connectivity index (χ0n) is 9.83. The lowest BCUT2D eigenvalue weighted by molar-refractivity contribution is -0.164. The van der Waals surface area contributed by atoms with Gasteiger partial charge in [0.1, 0.15) is 6.10 Å². The van der Waals surface area contributed by atoms with Crippen LogP contribution in [0.25, 0.3) is 0 Å². The molecule has 1 aromatic carbocycles. The lowest BCUT2D eigenvalue weighted by Crippen LogP contribution is -2.28. The average molecular weight is 274 g/mol. The van der Waals surface area contributed by atoms with Gasteiger partial charge in [-0.25, -0.2) is 5.06 Å². The Hall–Kier alpha value is -0.770. The van der Waals surface area contributed by atoms with Crippen LogP contribution in [0.1, 0.15) is 25.5 Å². The summed E-state index contributed by atoms with van der Waals surface area (Å²) in [5.41, 5.74) is 0.0881. The minimum atomic E-state index is -0.650. The summed E-state index contributed by atoms with van der Waals surface area (Å²) in [6.07, 6.45) is -0.411. The van der Waals surface area contributed by atoms with Crippen LogP contribution in [0.4, 0.5) is 0 Å². The largest absolute Gasteiger partial charge is 0.272 e. The van der Waals surface area contributed by atoms with Gasteiger partial charge in [-0.1, -0.05) is 23.2 Å². The Kier molecular flexibility index (Phi) is 3.10. The molecule has 1 atom stereocenters. The molecular weight excluding hydrogens is 261 g/mol. The topological polar surface area (TPSA) is 29.5 Å². The number of amides is 1. The summed E-state index contributed by atoms with van der Waals surface area (Å²) in [5.74, 6) is -0.0708. The van der Waals surface area contributed by atoms with Crippen molar-refractivity contribution in [3.05, 3.63) is 33.8 Å². The van der Waals surface area contributed by atoms with E-state index in [1.807, 2.05) is 13.8 Å². The Morgan fingerprint density at radius 1 is 1.35 bits per heavy atom. The molecule has 2 rings (SSSR count). The predicted octanol–water partition coefficient (Wildman–Crippen LogP) is 3.46. The summed E-state index contributed by atoms with van der Waals surface area (Å²) >= 11 is 12.1. The van der Waals surface area contributed by atoms with Crippen molar-refractivity contribution in [2.45, 2.75) is 20.0 Å². The Bertz CT molecular complexity index is 474. The molecule has 0 aromatic heterocycles. The second kappa shape index (κ2) is 4.16. The van der Waals surface area contributed by atoms with Gasteiger partial charge in [-0.2, -0.15) is 0 Å². The Morgan fingerprint density at radius 2 is 2.00 bits per heavy atom. The summed E-state index contributed by atoms with van der Waals surface area (Å²) in [5, 5.41) is 2.38. The zero-order valence-corrected chi connectivity index (χ0v) is 11.3. The van der Waals surface area contributed by atoms with E-state index in [4.69, 9.17) is 28.0 Å². The van der Waals surface area contributed by atoms with Crippen LogP contribution in [-0.4, -0.2) is 18.0 Å². The number of hydrogen-bond donors (Lipinski definition) is 0. The molecule has 1 saturated heterocycles. The van der Waals surface area contributed by atoms with Crippen LogP contribution in [0.15, 0.2) is 18.2 Å². The first-order chi connectivity index (χ1) is 7.84. The van der Waals surface area contributed by atoms with Crippen LogP contribution in [-0.2, 0) is 9.63 Å². The summed E-state index contributed by atoms with van der Waals surface area (Å²) in [4.78, 5) is 17.5. The summed E-state index contributed by atoms with van der Waals surface area (Å²) in [7, 11) is 1.60. The van der Waals surface area contributed by atoms with Gasteiger partial charge in [0, 0.05) is 22.7 Å². The third-order valence-electron chi connectivity index (χ3n) is 3.00. The molecule has 0 radical (unpaired) electrons. The van der Waals surface area contributed by atoms with Crippen LogP contribution in [0.3, 0.4) is 0 Å². The van der Waals surface area contributed by atoms with Crippen LogP contribution < -0.4 is 0 Å². The van der Waals surface area contributed by atoms with Crippen LogP contribution >= 0.6 is 23.2 Å². The normalized spacial score (nSPS) is 23.2. The molecule has 1 aliphatic heterocycles. The van der Waals surface area contributed by atoms with Gasteiger partial charge in [0.05, 0.1) is 5.41 Å². The van der Waals surface area contributed by atoms with Crippen molar-refractivity contribution in [3.63, 3.8) is 0 Å². The molecular formula is C12H13Cl2NO2. The Balaban J connectivity index is 2.47. The first-order valence-electron chi connectivity index (χ1n) is 5.24. The number of nitrogens with zero attached hydrogens (tertiary/aromatic N) is 1. The molecule has 1 aliphatic rings. The van der Waals surface area contributed by atoms with E-state index in [1.165, 1.54) is 5.06 Å². The number of halogens is 2. The minimum Gasteiger partial charge on any atom is -0.272 e. The highest BCUT2D eigenvalue weighted by Crippen LogP contribution is 2.46. The Morgan fingerprint density at radius 3 is 2.53 bits per heavy atom. The zero-order chi connectivity index (χ0) is 12.8. The first kappa shape index (κ1) is 12.7. The van der Waals surface area contributed by atoms with Gasteiger partial charge in [0.15, 0.2) is 0 Å². The van der Waals surface area contributed by atoms with E-state index in [2.05, 4.69) is 0 Å². The van der Waals surface area contributed by atoms with Gasteiger partial charge in [-0.15, -0.1) is 0 Å². The summed E-state index contributed by atoms with van der Waals surface area (Å²) < 4.78 is 0. The van der Waals surface area contributed by atoms with Crippen LogP contribution in [0, 0.1) is 5.41 Å². The number of benzene rings is 1. The molecule has 0 spiro atoms. The summed E-state index contributed by atoms with van der Waals surface area (Å²) in [6, 6.07) is 5.16. The van der Waals surface area contributed by atoms with Gasteiger partial charge in [-0.05, 0) is 32.0 Å². The highest BCUT2D eigenvalue weighted by Gasteiger charge is 2.49. The first-order valence-corrected chi connectivity index (χ1v) is 5.99. The van der Waals surface area contributed by atoms with Crippen molar-refractivity contribution in [3.8, 4) is 0 Å². The molecule has 0 aliphatic carbocycles. The maximum Gasteiger partial charge on any atom is 0.254 e. The number of rotatable bonds is 1. The number of hydroxylamine groups is 2. The molecule has 3 nitrogen and oxygen atoms in total. The van der Waals surface area contributed by atoms with E-state index in [0.29, 0.717) is 10.0 Å². The van der Waals surface area contributed by atoms with Gasteiger partial charge >= 0.3 is 0 Å². The Labute approximate surface area is 110 Å². The third-order valence-corrected chi connectivity index (χ3v) is 3.58. The number of carbonyl (C=O) groups is 1. The standard InChI is InChI=1S/C12H13Cl2NO2/c1-12(2)10(17-15(3)11(12)16)8-6-7(13)4-5-9(8)14/h4-6,10H,1-3H3. The van der Waals surface area contributed by atoms with Crippen molar-refractivity contribution >= 4 is 29.1 Å². The van der Waals surface area contributed by atoms with Crippen LogP contribution in [0.2, 0.25) is 10.0 Å². The lowest BCUT2D eigenvalue weighted by atomic mass is 9.83. The maximum absolute atomic E-state index is 11.9. The highest BCUT2D eigenvalue weighted by atomic mass is 35.5. The van der Waals surface area contributed by atoms with Crippen molar-refractivity contribution in [2.75, 3.05) is 7.05 Å². The fraction of sp³-hybridized carbons (Fsp3) is 0.417. The van der Waals surface area contributed by atoms with E-state index in [9.17, 15) is 4.79 Å². The van der Waals surface area contributed by atoms with E-state index < -0.39 is 11.5 Å². The fourth-order valence-corrected chi connectivity index (χ4v) is 2.41. The van der Waals surface area contributed by atoms with Crippen molar-refractivity contribution < 1.29 is 9.63 Å². The van der Waals surface area contributed by atoms with Crippen LogP contribution in [0.5, 0.6) is 0 Å². The smallest absolute Gasteiger partial charge is 0.254 e. The van der Waals surface area contributed by atoms with E-state index in [-0.39, 0.29) is 5.91 Å². The molecule has 0 bridgehead atoms. The predicted molar refractivity (Wildman–Crippen MR) is 66.8 cm³/mol. The molecule has 1 heterocycles. The molecule has 0 saturated carbocycles. The van der Waals surface area contributed by atoms with E-state index in [1.54, 1.807) is 25.2 Å². The maximum atomic E-state index is 11.9. The lowest BCUT2D eigenvalue weighted by Gasteiger charge is -2.22. The highest BCUT2D eigenvalue weighted by molar-refractivity contribution is 6.33. The van der Waals surface area contributed by atoms with Gasteiger partial charge in [-0.3, -0.25) is 9.63 Å². The van der Waals surface area contributed by atoms with Gasteiger partial charge in [0.2, 0.25) is 0 Å². The van der Waals surface area contributed by atoms with Crippen molar-refractivity contribution in [1.29, 1.82) is 0 Å². The van der Waals surface area contributed by atoms with Gasteiger partial charge in [0.25, 0.3) is 5.91 Å². The van der Waals surface area contributed by atoms with Crippen molar-refractivity contribution in [2.24, 2.45) is 5.41 Å². The van der Waals surface area contributed by atoms with E-state index >= 15 is 0 Å². The molecule has 17 heavy (non-hydrogen) atoms. The number of carbonyl (C=O) groups excluding carboxylic acids is 1. The quantitative estimate of drug-likeness (QED) is 0.784. The fourth-order valence-electron chi connectivity index (χ4n) is 2.02. The molecule has 1 aromatic rings. The molecule has 5 heteroatoms. The number of hydrogen-bond acceptors (Lipinski definition) is 2. The second-order valence-electron chi connectivity index (χ2n) is 4.68. The molecule has 0 N–H and O–H groups in total. The van der Waals surface area contributed by atoms with E-state index in [0.717, 1.165) is 5.56 Å². The van der Waals surface area contributed by atoms with Crippen molar-refractivity contribution in [1.82, 2.24) is 5.06 Å². The average Bonchev–Trinajstić information content (AvgIpc) is 2.46. The SMILES string of the molecule is CN1OC(c2cc(Cl)ccc2Cl)C(C)(C)C1=O. The second-order valence-corrected chi connectivity index (χ2v) is 5.52. The molecule has 1 unspecified atom stereocenters. The minimum absolute atomic E-state index is 0.0708. The molecule has 1 fully saturated rings. The summed E-state index contributed by atoms with van der Waals surface area (Å²) in [6.45, 7) is 3.67. The third kappa shape index (κ3) is 2.03.